The Balaban J connectivity index is 2.68. The first kappa shape index (κ1) is 10.3. The van der Waals surface area contributed by atoms with Crippen LogP contribution in [0.5, 0.6) is 0 Å². The van der Waals surface area contributed by atoms with Crippen LogP contribution >= 0.6 is 0 Å². The van der Waals surface area contributed by atoms with Crippen molar-refractivity contribution in [2.24, 2.45) is 5.41 Å². The Labute approximate surface area is 78.4 Å². The van der Waals surface area contributed by atoms with Crippen LogP contribution in [0.2, 0.25) is 0 Å². The van der Waals surface area contributed by atoms with E-state index in [1.807, 2.05) is 6.92 Å². The Morgan fingerprint density at radius 2 is 2.38 bits per heavy atom. The highest BCUT2D eigenvalue weighted by molar-refractivity contribution is 5.75. The molecule has 0 saturated carbocycles. The van der Waals surface area contributed by atoms with Crippen LogP contribution in [0.3, 0.4) is 0 Å². The first-order valence-corrected chi connectivity index (χ1v) is 4.58. The summed E-state index contributed by atoms with van der Waals surface area (Å²) in [5, 5.41) is 9.09. The van der Waals surface area contributed by atoms with Gasteiger partial charge in [0.2, 0.25) is 0 Å². The predicted octanol–water partition coefficient (Wildman–Crippen LogP) is 1.83. The number of aliphatic carboxylic acids is 1. The third-order valence-corrected chi connectivity index (χ3v) is 2.65. The molecule has 0 aromatic rings. The van der Waals surface area contributed by atoms with Crippen molar-refractivity contribution >= 4 is 5.97 Å². The molecule has 0 bridgehead atoms. The fourth-order valence-electron chi connectivity index (χ4n) is 1.59. The van der Waals surface area contributed by atoms with Gasteiger partial charge in [-0.2, -0.15) is 0 Å². The van der Waals surface area contributed by atoms with Crippen molar-refractivity contribution in [1.82, 2.24) is 0 Å². The van der Waals surface area contributed by atoms with Crippen molar-refractivity contribution in [2.75, 3.05) is 13.2 Å². The lowest BCUT2D eigenvalue weighted by molar-refractivity contribution is -0.148. The monoisotopic (exact) mass is 184 g/mol. The van der Waals surface area contributed by atoms with Gasteiger partial charge >= 0.3 is 5.97 Å². The van der Waals surface area contributed by atoms with Crippen molar-refractivity contribution in [3.63, 3.8) is 0 Å². The molecule has 0 aromatic heterocycles. The lowest BCUT2D eigenvalue weighted by Gasteiger charge is -2.22. The maximum absolute atomic E-state index is 11.1. The molecule has 0 radical (unpaired) electrons. The van der Waals surface area contributed by atoms with Crippen LogP contribution in [0.15, 0.2) is 12.2 Å². The van der Waals surface area contributed by atoms with E-state index in [2.05, 4.69) is 6.58 Å². The average Bonchev–Trinajstić information content (AvgIpc) is 2.54. The number of carboxylic acids is 1. The molecule has 1 atom stereocenters. The molecule has 1 saturated heterocycles. The Hall–Kier alpha value is -0.830. The van der Waals surface area contributed by atoms with Crippen molar-refractivity contribution in [3.8, 4) is 0 Å². The molecule has 13 heavy (non-hydrogen) atoms. The van der Waals surface area contributed by atoms with E-state index in [-0.39, 0.29) is 0 Å². The third kappa shape index (κ3) is 2.10. The van der Waals surface area contributed by atoms with Gasteiger partial charge < -0.3 is 9.84 Å². The number of rotatable bonds is 4. The van der Waals surface area contributed by atoms with Crippen LogP contribution in [0.4, 0.5) is 0 Å². The number of hydrogen-bond donors (Lipinski definition) is 1. The quantitative estimate of drug-likeness (QED) is 0.678. The number of hydrogen-bond acceptors (Lipinski definition) is 2. The second-order valence-corrected chi connectivity index (χ2v) is 3.67. The van der Waals surface area contributed by atoms with Crippen LogP contribution in [0.25, 0.3) is 0 Å². The Kier molecular flexibility index (Phi) is 3.09. The molecule has 74 valence electrons. The first-order chi connectivity index (χ1) is 6.10. The van der Waals surface area contributed by atoms with E-state index in [9.17, 15) is 4.79 Å². The van der Waals surface area contributed by atoms with Gasteiger partial charge in [-0.25, -0.2) is 0 Å². The summed E-state index contributed by atoms with van der Waals surface area (Å²) in [6, 6.07) is 0. The van der Waals surface area contributed by atoms with E-state index < -0.39 is 11.4 Å². The van der Waals surface area contributed by atoms with Gasteiger partial charge in [0.15, 0.2) is 0 Å². The topological polar surface area (TPSA) is 46.5 Å². The summed E-state index contributed by atoms with van der Waals surface area (Å²) < 4.78 is 5.15. The van der Waals surface area contributed by atoms with Crippen molar-refractivity contribution in [2.45, 2.75) is 26.2 Å². The number of ether oxygens (including phenoxy) is 1. The summed E-state index contributed by atoms with van der Waals surface area (Å²) >= 11 is 0. The number of carbonyl (C=O) groups is 1. The standard InChI is InChI=1S/C10H16O3/c1-3-8(2)6-10(9(11)12)4-5-13-7-10/h2-7H2,1H3,(H,11,12). The summed E-state index contributed by atoms with van der Waals surface area (Å²) in [5.41, 5.74) is 0.306. The Morgan fingerprint density at radius 3 is 2.77 bits per heavy atom. The molecule has 1 N–H and O–H groups in total. The molecule has 0 amide bonds. The minimum Gasteiger partial charge on any atom is -0.481 e. The lowest BCUT2D eigenvalue weighted by Crippen LogP contribution is -2.31. The van der Waals surface area contributed by atoms with E-state index in [4.69, 9.17) is 9.84 Å². The van der Waals surface area contributed by atoms with Crippen LogP contribution < -0.4 is 0 Å². The Morgan fingerprint density at radius 1 is 1.69 bits per heavy atom. The zero-order valence-corrected chi connectivity index (χ0v) is 8.01. The average molecular weight is 184 g/mol. The zero-order valence-electron chi connectivity index (χ0n) is 8.01. The smallest absolute Gasteiger partial charge is 0.312 e. The summed E-state index contributed by atoms with van der Waals surface area (Å²) in [6.07, 6.45) is 2.01. The molecule has 0 spiro atoms. The lowest BCUT2D eigenvalue weighted by atomic mass is 9.81. The molecule has 1 rings (SSSR count). The van der Waals surface area contributed by atoms with E-state index in [0.717, 1.165) is 12.0 Å². The zero-order chi connectivity index (χ0) is 9.90. The summed E-state index contributed by atoms with van der Waals surface area (Å²) in [5.74, 6) is -0.750. The van der Waals surface area contributed by atoms with Crippen molar-refractivity contribution in [1.29, 1.82) is 0 Å². The van der Waals surface area contributed by atoms with E-state index >= 15 is 0 Å². The minimum absolute atomic E-state index is 0.335. The van der Waals surface area contributed by atoms with Crippen molar-refractivity contribution < 1.29 is 14.6 Å². The second kappa shape index (κ2) is 3.92. The van der Waals surface area contributed by atoms with Gasteiger partial charge in [-0.3, -0.25) is 4.79 Å². The van der Waals surface area contributed by atoms with Crippen LogP contribution in [-0.2, 0) is 9.53 Å². The van der Waals surface area contributed by atoms with Crippen LogP contribution in [0, 0.1) is 5.41 Å². The molecule has 1 aliphatic rings. The van der Waals surface area contributed by atoms with Gasteiger partial charge in [-0.05, 0) is 19.3 Å². The summed E-state index contributed by atoms with van der Waals surface area (Å²) in [6.45, 7) is 6.73. The van der Waals surface area contributed by atoms with Crippen molar-refractivity contribution in [3.05, 3.63) is 12.2 Å². The molecule has 3 heteroatoms. The van der Waals surface area contributed by atoms with Crippen LogP contribution in [-0.4, -0.2) is 24.3 Å². The van der Waals surface area contributed by atoms with Gasteiger partial charge in [-0.1, -0.05) is 19.1 Å². The van der Waals surface area contributed by atoms with Gasteiger partial charge in [0.25, 0.3) is 0 Å². The molecular weight excluding hydrogens is 168 g/mol. The van der Waals surface area contributed by atoms with Gasteiger partial charge in [0.05, 0.1) is 12.0 Å². The summed E-state index contributed by atoms with van der Waals surface area (Å²) in [7, 11) is 0. The third-order valence-electron chi connectivity index (χ3n) is 2.65. The molecule has 1 fully saturated rings. The van der Waals surface area contributed by atoms with Gasteiger partial charge in [0.1, 0.15) is 0 Å². The highest BCUT2D eigenvalue weighted by atomic mass is 16.5. The first-order valence-electron chi connectivity index (χ1n) is 4.58. The molecule has 1 heterocycles. The van der Waals surface area contributed by atoms with Gasteiger partial charge in [-0.15, -0.1) is 0 Å². The molecule has 0 aliphatic carbocycles. The van der Waals surface area contributed by atoms with E-state index in [1.54, 1.807) is 0 Å². The maximum Gasteiger partial charge on any atom is 0.312 e. The fraction of sp³-hybridized carbons (Fsp3) is 0.700. The highest BCUT2D eigenvalue weighted by Gasteiger charge is 2.42. The maximum atomic E-state index is 11.1. The van der Waals surface area contributed by atoms with Gasteiger partial charge in [0, 0.05) is 6.61 Å². The minimum atomic E-state index is -0.750. The molecular formula is C10H16O3. The molecule has 3 nitrogen and oxygen atoms in total. The summed E-state index contributed by atoms with van der Waals surface area (Å²) in [4.78, 5) is 11.1. The molecule has 0 aromatic carbocycles. The predicted molar refractivity (Wildman–Crippen MR) is 49.6 cm³/mol. The van der Waals surface area contributed by atoms with E-state index in [1.165, 1.54) is 0 Å². The SMILES string of the molecule is C=C(CC)CC1(C(=O)O)CCOC1. The Bertz CT molecular complexity index is 214. The number of carboxylic acid groups (broad SMARTS) is 1. The van der Waals surface area contributed by atoms with E-state index in [0.29, 0.717) is 26.1 Å². The second-order valence-electron chi connectivity index (χ2n) is 3.67. The molecule has 1 unspecified atom stereocenters. The fourth-order valence-corrected chi connectivity index (χ4v) is 1.59. The largest absolute Gasteiger partial charge is 0.481 e. The number of allylic oxidation sites excluding steroid dienone is 1. The molecule has 1 aliphatic heterocycles. The highest BCUT2D eigenvalue weighted by Crippen LogP contribution is 2.35. The normalized spacial score (nSPS) is 27.5. The van der Waals surface area contributed by atoms with Crippen LogP contribution in [0.1, 0.15) is 26.2 Å².